The van der Waals surface area contributed by atoms with E-state index in [0.717, 1.165) is 28.7 Å². The number of ether oxygens (including phenoxy) is 1. The second-order valence-electron chi connectivity index (χ2n) is 6.86. The molecule has 0 atom stereocenters. The van der Waals surface area contributed by atoms with Gasteiger partial charge in [0.2, 0.25) is 5.91 Å². The Morgan fingerprint density at radius 2 is 2.03 bits per heavy atom. The summed E-state index contributed by atoms with van der Waals surface area (Å²) in [4.78, 5) is 16.5. The molecule has 0 bridgehead atoms. The number of rotatable bonds is 10. The Morgan fingerprint density at radius 1 is 1.22 bits per heavy atom. The van der Waals surface area contributed by atoms with E-state index in [9.17, 15) is 4.79 Å². The first-order valence-corrected chi connectivity index (χ1v) is 9.98. The van der Waals surface area contributed by atoms with Crippen molar-refractivity contribution in [2.24, 2.45) is 0 Å². The first-order chi connectivity index (χ1) is 15.6. The van der Waals surface area contributed by atoms with Crippen molar-refractivity contribution in [3.8, 4) is 11.1 Å². The van der Waals surface area contributed by atoms with Crippen LogP contribution >= 0.6 is 0 Å². The highest BCUT2D eigenvalue weighted by molar-refractivity contribution is 6.02. The lowest BCUT2D eigenvalue weighted by molar-refractivity contribution is -0.111. The molecule has 0 aliphatic carbocycles. The van der Waals surface area contributed by atoms with Crippen molar-refractivity contribution >= 4 is 30.0 Å². The number of benzene rings is 1. The van der Waals surface area contributed by atoms with Gasteiger partial charge in [0, 0.05) is 47.9 Å². The summed E-state index contributed by atoms with van der Waals surface area (Å²) in [7, 11) is 0. The van der Waals surface area contributed by atoms with Gasteiger partial charge in [-0.05, 0) is 41.8 Å². The number of hydrogen-bond donors (Lipinski definition) is 4. The first kappa shape index (κ1) is 22.6. The number of nitrogens with zero attached hydrogens (tertiary/aromatic N) is 3. The molecular formula is C23H24N6O3. The van der Waals surface area contributed by atoms with Gasteiger partial charge < -0.3 is 15.2 Å². The number of aromatic nitrogens is 3. The van der Waals surface area contributed by atoms with Gasteiger partial charge in [0.15, 0.2) is 12.3 Å². The van der Waals surface area contributed by atoms with Crippen LogP contribution in [0.2, 0.25) is 0 Å². The molecule has 0 radical (unpaired) electrons. The number of carbonyl (C=O) groups is 1. The molecule has 0 fully saturated rings. The fourth-order valence-corrected chi connectivity index (χ4v) is 3.02. The monoisotopic (exact) mass is 432 g/mol. The molecule has 0 spiro atoms. The zero-order valence-electron chi connectivity index (χ0n) is 17.4. The zero-order chi connectivity index (χ0) is 22.8. The Hall–Kier alpha value is -4.11. The zero-order valence-corrected chi connectivity index (χ0v) is 17.4. The standard InChI is InChI=1S/C23H24N6O3/c24-16-32-22(25)7-3-17-1-5-20(6-2-17)28-23(31)8-4-18-13-26-10-9-21(18)19-14-27-29(15-19)11-12-30/h1-2,4-6,8-10,13-16,24-25,30H,3,7,11-12H2,(H,28,31)/b8-4+,24-16?,25-22?. The van der Waals surface area contributed by atoms with E-state index in [-0.39, 0.29) is 18.4 Å². The summed E-state index contributed by atoms with van der Waals surface area (Å²) < 4.78 is 6.35. The van der Waals surface area contributed by atoms with E-state index in [1.165, 1.54) is 6.08 Å². The van der Waals surface area contributed by atoms with Crippen molar-refractivity contribution in [1.82, 2.24) is 14.8 Å². The molecule has 0 unspecified atom stereocenters. The maximum Gasteiger partial charge on any atom is 0.248 e. The molecule has 9 heteroatoms. The molecule has 0 aliphatic rings. The number of hydrogen-bond acceptors (Lipinski definition) is 7. The lowest BCUT2D eigenvalue weighted by Gasteiger charge is -2.06. The number of aliphatic hydroxyl groups is 1. The van der Waals surface area contributed by atoms with Gasteiger partial charge in [0.1, 0.15) is 0 Å². The molecule has 32 heavy (non-hydrogen) atoms. The minimum Gasteiger partial charge on any atom is -0.433 e. The Labute approximate surface area is 185 Å². The molecule has 3 rings (SSSR count). The van der Waals surface area contributed by atoms with Crippen molar-refractivity contribution in [3.63, 3.8) is 0 Å². The van der Waals surface area contributed by atoms with E-state index < -0.39 is 0 Å². The predicted octanol–water partition coefficient (Wildman–Crippen LogP) is 3.12. The van der Waals surface area contributed by atoms with Crippen LogP contribution in [-0.4, -0.2) is 44.7 Å². The van der Waals surface area contributed by atoms with Crippen molar-refractivity contribution in [1.29, 1.82) is 10.8 Å². The lowest BCUT2D eigenvalue weighted by Crippen LogP contribution is -2.08. The molecule has 9 nitrogen and oxygen atoms in total. The fourth-order valence-electron chi connectivity index (χ4n) is 3.02. The third-order valence-electron chi connectivity index (χ3n) is 4.60. The molecule has 0 aliphatic heterocycles. The van der Waals surface area contributed by atoms with Crippen LogP contribution < -0.4 is 5.32 Å². The highest BCUT2D eigenvalue weighted by Gasteiger charge is 2.07. The number of aryl methyl sites for hydroxylation is 1. The fraction of sp³-hybridized carbons (Fsp3) is 0.174. The number of nitrogens with one attached hydrogen (secondary N) is 3. The van der Waals surface area contributed by atoms with Crippen molar-refractivity contribution in [2.75, 3.05) is 11.9 Å². The van der Waals surface area contributed by atoms with E-state index in [2.05, 4.69) is 15.4 Å². The van der Waals surface area contributed by atoms with Crippen LogP contribution in [0.3, 0.4) is 0 Å². The molecule has 2 aromatic heterocycles. The molecular weight excluding hydrogens is 408 g/mol. The van der Waals surface area contributed by atoms with Gasteiger partial charge in [-0.2, -0.15) is 5.10 Å². The predicted molar refractivity (Wildman–Crippen MR) is 123 cm³/mol. The number of pyridine rings is 1. The van der Waals surface area contributed by atoms with Crippen molar-refractivity contribution in [2.45, 2.75) is 19.4 Å². The summed E-state index contributed by atoms with van der Waals surface area (Å²) in [6, 6.07) is 9.20. The van der Waals surface area contributed by atoms with Gasteiger partial charge in [0.05, 0.1) is 19.3 Å². The number of aliphatic hydroxyl groups excluding tert-OH is 1. The maximum atomic E-state index is 12.4. The number of anilines is 1. The summed E-state index contributed by atoms with van der Waals surface area (Å²) in [6.07, 6.45) is 11.8. The summed E-state index contributed by atoms with van der Waals surface area (Å²) >= 11 is 0. The van der Waals surface area contributed by atoms with E-state index in [1.54, 1.807) is 41.5 Å². The van der Waals surface area contributed by atoms with Crippen LogP contribution in [0, 0.1) is 10.8 Å². The number of amides is 1. The Kier molecular flexibility index (Phi) is 7.99. The minimum atomic E-state index is -0.273. The van der Waals surface area contributed by atoms with Crippen LogP contribution in [0.15, 0.2) is 61.2 Å². The Balaban J connectivity index is 1.61. The summed E-state index contributed by atoms with van der Waals surface area (Å²) in [5, 5.41) is 30.4. The quantitative estimate of drug-likeness (QED) is 0.222. The average Bonchev–Trinajstić information content (AvgIpc) is 3.26. The van der Waals surface area contributed by atoms with Gasteiger partial charge in [-0.25, -0.2) is 0 Å². The summed E-state index contributed by atoms with van der Waals surface area (Å²) in [5.41, 5.74) is 4.19. The molecule has 3 aromatic rings. The molecule has 1 aromatic carbocycles. The van der Waals surface area contributed by atoms with Gasteiger partial charge in [-0.3, -0.25) is 25.3 Å². The SMILES string of the molecule is N=COC(=N)CCc1ccc(NC(=O)/C=C/c2cnccc2-c2cnn(CCO)c2)cc1. The lowest BCUT2D eigenvalue weighted by atomic mass is 10.0. The van der Waals surface area contributed by atoms with Crippen LogP contribution in [0.5, 0.6) is 0 Å². The first-order valence-electron chi connectivity index (χ1n) is 9.98. The summed E-state index contributed by atoms with van der Waals surface area (Å²) in [6.45, 7) is 0.422. The van der Waals surface area contributed by atoms with Crippen molar-refractivity contribution in [3.05, 3.63) is 72.3 Å². The second kappa shape index (κ2) is 11.3. The van der Waals surface area contributed by atoms with Gasteiger partial charge in [0.25, 0.3) is 0 Å². The third kappa shape index (κ3) is 6.44. The van der Waals surface area contributed by atoms with Crippen LogP contribution in [0.4, 0.5) is 5.69 Å². The van der Waals surface area contributed by atoms with Gasteiger partial charge >= 0.3 is 0 Å². The third-order valence-corrected chi connectivity index (χ3v) is 4.60. The highest BCUT2D eigenvalue weighted by atomic mass is 16.5. The Morgan fingerprint density at radius 3 is 2.78 bits per heavy atom. The van der Waals surface area contributed by atoms with Crippen LogP contribution in [-0.2, 0) is 22.5 Å². The van der Waals surface area contributed by atoms with E-state index in [0.29, 0.717) is 25.1 Å². The van der Waals surface area contributed by atoms with Gasteiger partial charge in [-0.15, -0.1) is 0 Å². The molecule has 2 heterocycles. The van der Waals surface area contributed by atoms with Gasteiger partial charge in [-0.1, -0.05) is 12.1 Å². The van der Waals surface area contributed by atoms with E-state index in [4.69, 9.17) is 20.7 Å². The largest absolute Gasteiger partial charge is 0.433 e. The topological polar surface area (TPSA) is 137 Å². The molecule has 0 saturated heterocycles. The summed E-state index contributed by atoms with van der Waals surface area (Å²) in [5.74, 6) is -0.234. The second-order valence-corrected chi connectivity index (χ2v) is 6.86. The Bertz CT molecular complexity index is 1100. The maximum absolute atomic E-state index is 12.4. The minimum absolute atomic E-state index is 0.00817. The molecule has 4 N–H and O–H groups in total. The van der Waals surface area contributed by atoms with Crippen LogP contribution in [0.1, 0.15) is 17.5 Å². The van der Waals surface area contributed by atoms with Crippen molar-refractivity contribution < 1.29 is 14.6 Å². The van der Waals surface area contributed by atoms with E-state index >= 15 is 0 Å². The normalized spacial score (nSPS) is 10.8. The van der Waals surface area contributed by atoms with E-state index in [1.807, 2.05) is 24.4 Å². The molecule has 1 amide bonds. The number of carbonyl (C=O) groups excluding carboxylic acids is 1. The molecule has 164 valence electrons. The smallest absolute Gasteiger partial charge is 0.248 e. The average molecular weight is 432 g/mol. The van der Waals surface area contributed by atoms with Crippen LogP contribution in [0.25, 0.3) is 17.2 Å². The highest BCUT2D eigenvalue weighted by Crippen LogP contribution is 2.23. The molecule has 0 saturated carbocycles.